The highest BCUT2D eigenvalue weighted by molar-refractivity contribution is 5.51. The second-order valence-corrected chi connectivity index (χ2v) is 3.13. The zero-order valence-corrected chi connectivity index (χ0v) is 8.51. The number of nitro groups is 1. The lowest BCUT2D eigenvalue weighted by Crippen LogP contribution is -1.96. The van der Waals surface area contributed by atoms with E-state index in [0.29, 0.717) is 6.54 Å². The van der Waals surface area contributed by atoms with Gasteiger partial charge in [0.2, 0.25) is 0 Å². The Morgan fingerprint density at radius 1 is 1.67 bits per heavy atom. The van der Waals surface area contributed by atoms with Crippen LogP contribution in [-0.2, 0) is 0 Å². The van der Waals surface area contributed by atoms with Gasteiger partial charge in [-0.3, -0.25) is 10.1 Å². The Morgan fingerprint density at radius 2 is 2.40 bits per heavy atom. The van der Waals surface area contributed by atoms with Gasteiger partial charge in [0.1, 0.15) is 6.20 Å². The number of pyridine rings is 1. The first-order chi connectivity index (χ1) is 7.15. The summed E-state index contributed by atoms with van der Waals surface area (Å²) in [5, 5.41) is 10.5. The van der Waals surface area contributed by atoms with Crippen molar-refractivity contribution in [3.05, 3.63) is 39.7 Å². The normalized spacial score (nSPS) is 10.8. The molecule has 0 amide bonds. The Morgan fingerprint density at radius 3 is 2.93 bits per heavy atom. The number of aryl methyl sites for hydroxylation is 1. The van der Waals surface area contributed by atoms with Gasteiger partial charge in [-0.2, -0.15) is 0 Å². The number of nitrogens with two attached hydrogens (primary N) is 1. The van der Waals surface area contributed by atoms with Crippen molar-refractivity contribution in [2.75, 3.05) is 6.54 Å². The summed E-state index contributed by atoms with van der Waals surface area (Å²) >= 11 is 0. The van der Waals surface area contributed by atoms with Crippen LogP contribution in [-0.4, -0.2) is 16.5 Å². The molecule has 1 aromatic heterocycles. The van der Waals surface area contributed by atoms with Crippen LogP contribution in [0.4, 0.5) is 5.69 Å². The number of nitrogens with zero attached hydrogens (tertiary/aromatic N) is 2. The summed E-state index contributed by atoms with van der Waals surface area (Å²) in [6, 6.07) is 1.51. The molecule has 0 aliphatic carbocycles. The molecule has 0 atom stereocenters. The van der Waals surface area contributed by atoms with Crippen molar-refractivity contribution in [3.8, 4) is 0 Å². The molecular formula is C10H13N3O2. The van der Waals surface area contributed by atoms with Crippen LogP contribution in [0, 0.1) is 17.0 Å². The Hall–Kier alpha value is -1.75. The van der Waals surface area contributed by atoms with Crippen molar-refractivity contribution in [3.63, 3.8) is 0 Å². The largest absolute Gasteiger partial charge is 0.330 e. The van der Waals surface area contributed by atoms with Crippen LogP contribution < -0.4 is 5.73 Å². The molecule has 0 saturated carbocycles. The van der Waals surface area contributed by atoms with Gasteiger partial charge in [0.15, 0.2) is 0 Å². The van der Waals surface area contributed by atoms with E-state index in [1.807, 2.05) is 12.2 Å². The highest BCUT2D eigenvalue weighted by Crippen LogP contribution is 2.15. The van der Waals surface area contributed by atoms with E-state index in [-0.39, 0.29) is 5.69 Å². The van der Waals surface area contributed by atoms with Gasteiger partial charge >= 0.3 is 0 Å². The van der Waals surface area contributed by atoms with Gasteiger partial charge in [0, 0.05) is 6.07 Å². The van der Waals surface area contributed by atoms with E-state index in [9.17, 15) is 10.1 Å². The van der Waals surface area contributed by atoms with Crippen LogP contribution >= 0.6 is 0 Å². The van der Waals surface area contributed by atoms with Crippen molar-refractivity contribution < 1.29 is 4.92 Å². The highest BCUT2D eigenvalue weighted by Gasteiger charge is 2.07. The smallest absolute Gasteiger partial charge is 0.287 e. The Balaban J connectivity index is 2.88. The Bertz CT molecular complexity index is 388. The standard InChI is InChI=1S/C10H13N3O2/c1-8-6-9(13(14)15)7-12-10(8)4-2-3-5-11/h2,4,6-7H,3,5,11H2,1H3. The molecule has 1 heterocycles. The lowest BCUT2D eigenvalue weighted by atomic mass is 10.2. The van der Waals surface area contributed by atoms with Crippen LogP contribution in [0.2, 0.25) is 0 Å². The molecule has 1 aromatic rings. The summed E-state index contributed by atoms with van der Waals surface area (Å²) in [5.41, 5.74) is 6.88. The minimum absolute atomic E-state index is 0.0171. The third kappa shape index (κ3) is 3.14. The third-order valence-electron chi connectivity index (χ3n) is 1.92. The molecule has 5 nitrogen and oxygen atoms in total. The Kier molecular flexibility index (Phi) is 3.93. The summed E-state index contributed by atoms with van der Waals surface area (Å²) in [4.78, 5) is 14.0. The van der Waals surface area contributed by atoms with Crippen LogP contribution in [0.3, 0.4) is 0 Å². The van der Waals surface area contributed by atoms with E-state index in [4.69, 9.17) is 5.73 Å². The number of hydrogen-bond acceptors (Lipinski definition) is 4. The van der Waals surface area contributed by atoms with Crippen LogP contribution in [0.15, 0.2) is 18.3 Å². The van der Waals surface area contributed by atoms with Crippen molar-refractivity contribution in [1.29, 1.82) is 0 Å². The minimum atomic E-state index is -0.451. The molecule has 15 heavy (non-hydrogen) atoms. The minimum Gasteiger partial charge on any atom is -0.330 e. The zero-order valence-electron chi connectivity index (χ0n) is 8.51. The summed E-state index contributed by atoms with van der Waals surface area (Å²) in [6.07, 6.45) is 5.76. The summed E-state index contributed by atoms with van der Waals surface area (Å²) < 4.78 is 0. The van der Waals surface area contributed by atoms with E-state index in [2.05, 4.69) is 4.98 Å². The molecule has 1 rings (SSSR count). The molecule has 0 spiro atoms. The van der Waals surface area contributed by atoms with Crippen molar-refractivity contribution in [1.82, 2.24) is 4.98 Å². The highest BCUT2D eigenvalue weighted by atomic mass is 16.6. The molecule has 80 valence electrons. The first-order valence-electron chi connectivity index (χ1n) is 4.63. The van der Waals surface area contributed by atoms with Crippen LogP contribution in [0.25, 0.3) is 6.08 Å². The van der Waals surface area contributed by atoms with Crippen LogP contribution in [0.1, 0.15) is 17.7 Å². The second kappa shape index (κ2) is 5.21. The van der Waals surface area contributed by atoms with E-state index >= 15 is 0 Å². The van der Waals surface area contributed by atoms with Crippen molar-refractivity contribution in [2.24, 2.45) is 5.73 Å². The first kappa shape index (κ1) is 11.3. The maximum Gasteiger partial charge on any atom is 0.287 e. The van der Waals surface area contributed by atoms with Gasteiger partial charge in [0.25, 0.3) is 5.69 Å². The molecule has 0 aliphatic heterocycles. The van der Waals surface area contributed by atoms with Gasteiger partial charge in [-0.1, -0.05) is 6.08 Å². The number of rotatable bonds is 4. The number of hydrogen-bond donors (Lipinski definition) is 1. The Labute approximate surface area is 87.8 Å². The summed E-state index contributed by atoms with van der Waals surface area (Å²) in [5.74, 6) is 0. The molecule has 0 aliphatic rings. The van der Waals surface area contributed by atoms with Gasteiger partial charge in [-0.05, 0) is 31.5 Å². The quantitative estimate of drug-likeness (QED) is 0.601. The maximum atomic E-state index is 10.5. The average Bonchev–Trinajstić information content (AvgIpc) is 2.20. The first-order valence-corrected chi connectivity index (χ1v) is 4.63. The monoisotopic (exact) mass is 207 g/mol. The predicted octanol–water partition coefficient (Wildman–Crippen LogP) is 1.66. The molecule has 2 N–H and O–H groups in total. The lowest BCUT2D eigenvalue weighted by Gasteiger charge is -1.98. The molecule has 0 saturated heterocycles. The summed E-state index contributed by atoms with van der Waals surface area (Å²) in [7, 11) is 0. The van der Waals surface area contributed by atoms with Crippen molar-refractivity contribution in [2.45, 2.75) is 13.3 Å². The predicted molar refractivity (Wildman–Crippen MR) is 58.3 cm³/mol. The average molecular weight is 207 g/mol. The molecule has 0 bridgehead atoms. The maximum absolute atomic E-state index is 10.5. The fraction of sp³-hybridized carbons (Fsp3) is 0.300. The van der Waals surface area contributed by atoms with Crippen LogP contribution in [0.5, 0.6) is 0 Å². The fourth-order valence-corrected chi connectivity index (χ4v) is 1.14. The topological polar surface area (TPSA) is 82.0 Å². The van der Waals surface area contributed by atoms with Gasteiger partial charge in [-0.25, -0.2) is 4.98 Å². The van der Waals surface area contributed by atoms with E-state index in [0.717, 1.165) is 17.7 Å². The van der Waals surface area contributed by atoms with Gasteiger partial charge in [-0.15, -0.1) is 0 Å². The molecule has 0 radical (unpaired) electrons. The molecular weight excluding hydrogens is 194 g/mol. The van der Waals surface area contributed by atoms with Crippen molar-refractivity contribution >= 4 is 11.8 Å². The van der Waals surface area contributed by atoms with E-state index in [1.54, 1.807) is 6.92 Å². The summed E-state index contributed by atoms with van der Waals surface area (Å²) in [6.45, 7) is 2.38. The van der Waals surface area contributed by atoms with Gasteiger partial charge < -0.3 is 5.73 Å². The van der Waals surface area contributed by atoms with E-state index in [1.165, 1.54) is 12.3 Å². The van der Waals surface area contributed by atoms with E-state index < -0.39 is 4.92 Å². The second-order valence-electron chi connectivity index (χ2n) is 3.13. The lowest BCUT2D eigenvalue weighted by molar-refractivity contribution is -0.385. The third-order valence-corrected chi connectivity index (χ3v) is 1.92. The van der Waals surface area contributed by atoms with Gasteiger partial charge in [0.05, 0.1) is 10.6 Å². The molecule has 0 unspecified atom stereocenters. The molecule has 0 fully saturated rings. The fourth-order valence-electron chi connectivity index (χ4n) is 1.14. The number of aromatic nitrogens is 1. The molecule has 0 aromatic carbocycles. The SMILES string of the molecule is Cc1cc([N+](=O)[O-])cnc1C=CCCN. The zero-order chi connectivity index (χ0) is 11.3. The molecule has 5 heteroatoms.